The van der Waals surface area contributed by atoms with Gasteiger partial charge in [0.15, 0.2) is 0 Å². The number of benzene rings is 2. The van der Waals surface area contributed by atoms with E-state index in [4.69, 9.17) is 0 Å². The monoisotopic (exact) mass is 546 g/mol. The number of imidazole rings is 1. The SMILES string of the molecule is CC=C(C)[CH]=[Ru]=[c]1n(-c2c(C)cc(C)cc2C)ccn1-c1c(C)cc(C)cc1C.Cl.Cl. The normalized spacial score (nSPS) is 11.0. The van der Waals surface area contributed by atoms with E-state index in [9.17, 15) is 0 Å². The molecule has 2 nitrogen and oxygen atoms in total. The molecule has 170 valence electrons. The van der Waals surface area contributed by atoms with Crippen LogP contribution >= 0.6 is 24.8 Å². The molecule has 0 unspecified atom stereocenters. The molecule has 0 aliphatic heterocycles. The Morgan fingerprint density at radius 3 is 1.39 bits per heavy atom. The Labute approximate surface area is 206 Å². The Morgan fingerprint density at radius 1 is 0.710 bits per heavy atom. The van der Waals surface area contributed by atoms with Crippen molar-refractivity contribution in [1.82, 2.24) is 9.13 Å². The second-order valence-electron chi connectivity index (χ2n) is 8.03. The van der Waals surface area contributed by atoms with Crippen molar-refractivity contribution >= 4 is 29.4 Å². The van der Waals surface area contributed by atoms with Crippen molar-refractivity contribution < 1.29 is 16.2 Å². The Kier molecular flexibility index (Phi) is 10.1. The molecule has 1 heterocycles. The van der Waals surface area contributed by atoms with Crippen LogP contribution in [0.3, 0.4) is 0 Å². The number of nitrogens with zero attached hydrogens (tertiary/aromatic N) is 2. The number of rotatable bonds is 3. The van der Waals surface area contributed by atoms with E-state index in [1.54, 1.807) is 0 Å². The third-order valence-electron chi connectivity index (χ3n) is 5.26. The summed E-state index contributed by atoms with van der Waals surface area (Å²) in [5, 5.41) is 0. The molecule has 0 aliphatic carbocycles. The third-order valence-corrected chi connectivity index (χ3v) is 7.59. The molecule has 0 fully saturated rings. The minimum absolute atomic E-state index is 0. The Hall–Kier alpha value is -1.54. The predicted molar refractivity (Wildman–Crippen MR) is 137 cm³/mol. The van der Waals surface area contributed by atoms with Gasteiger partial charge in [-0.3, -0.25) is 0 Å². The van der Waals surface area contributed by atoms with Crippen molar-refractivity contribution in [3.8, 4) is 11.4 Å². The maximum atomic E-state index is 2.42. The fourth-order valence-electron chi connectivity index (χ4n) is 4.09. The van der Waals surface area contributed by atoms with Crippen molar-refractivity contribution in [2.24, 2.45) is 0 Å². The molecule has 0 saturated carbocycles. The molecule has 0 radical (unpaired) electrons. The van der Waals surface area contributed by atoms with Gasteiger partial charge in [0.25, 0.3) is 0 Å². The van der Waals surface area contributed by atoms with E-state index in [2.05, 4.69) is 112 Å². The molecular formula is C26H34Cl2N2Ru. The van der Waals surface area contributed by atoms with Crippen LogP contribution in [-0.2, 0) is 16.2 Å². The van der Waals surface area contributed by atoms with Crippen molar-refractivity contribution in [3.05, 3.63) is 85.7 Å². The van der Waals surface area contributed by atoms with Crippen LogP contribution in [0.4, 0.5) is 0 Å². The largest absolute Gasteiger partial charge is 0.147 e. The summed E-state index contributed by atoms with van der Waals surface area (Å²) in [6, 6.07) is 9.15. The zero-order valence-electron chi connectivity index (χ0n) is 19.7. The van der Waals surface area contributed by atoms with Crippen LogP contribution in [0.5, 0.6) is 0 Å². The smallest absolute Gasteiger partial charge is 0.147 e. The maximum absolute atomic E-state index is 2.42. The zero-order chi connectivity index (χ0) is 21.3. The molecule has 2 aromatic carbocycles. The molecule has 31 heavy (non-hydrogen) atoms. The van der Waals surface area contributed by atoms with Crippen LogP contribution in [0.2, 0.25) is 0 Å². The van der Waals surface area contributed by atoms with Gasteiger partial charge in [-0.1, -0.05) is 0 Å². The number of halogens is 2. The molecule has 0 amide bonds. The molecular weight excluding hydrogens is 512 g/mol. The molecule has 1 aromatic heterocycles. The van der Waals surface area contributed by atoms with E-state index >= 15 is 0 Å². The van der Waals surface area contributed by atoms with Gasteiger partial charge < -0.3 is 0 Å². The van der Waals surface area contributed by atoms with E-state index in [0.29, 0.717) is 0 Å². The summed E-state index contributed by atoms with van der Waals surface area (Å²) in [6.07, 6.45) is 6.68. The van der Waals surface area contributed by atoms with Gasteiger partial charge in [-0.2, -0.15) is 0 Å². The molecule has 3 aromatic rings. The number of aromatic nitrogens is 2. The van der Waals surface area contributed by atoms with Gasteiger partial charge in [0, 0.05) is 0 Å². The first-order chi connectivity index (χ1) is 13.7. The van der Waals surface area contributed by atoms with Gasteiger partial charge in [-0.15, -0.1) is 24.8 Å². The average molecular weight is 547 g/mol. The Balaban J connectivity index is 0.00000240. The van der Waals surface area contributed by atoms with Gasteiger partial charge in [0.2, 0.25) is 0 Å². The number of aryl methyl sites for hydroxylation is 6. The molecule has 0 saturated heterocycles. The van der Waals surface area contributed by atoms with E-state index in [-0.39, 0.29) is 41.0 Å². The van der Waals surface area contributed by atoms with Gasteiger partial charge in [-0.05, 0) is 0 Å². The minimum atomic E-state index is -0.0953. The molecule has 0 atom stereocenters. The summed E-state index contributed by atoms with van der Waals surface area (Å²) in [4.78, 5) is 0. The summed E-state index contributed by atoms with van der Waals surface area (Å²) in [6.45, 7) is 17.6. The maximum Gasteiger partial charge on any atom is -0.147 e. The molecule has 0 N–H and O–H groups in total. The second-order valence-corrected chi connectivity index (χ2v) is 9.81. The zero-order valence-corrected chi connectivity index (χ0v) is 23.1. The van der Waals surface area contributed by atoms with Crippen LogP contribution in [0.25, 0.3) is 11.4 Å². The number of hydrogen-bond acceptors (Lipinski definition) is 0. The minimum Gasteiger partial charge on any atom is -0.147 e. The molecule has 0 aliphatic rings. The van der Waals surface area contributed by atoms with Crippen molar-refractivity contribution in [2.75, 3.05) is 0 Å². The van der Waals surface area contributed by atoms with Gasteiger partial charge in [0.05, 0.1) is 0 Å². The van der Waals surface area contributed by atoms with Gasteiger partial charge in [-0.25, -0.2) is 0 Å². The van der Waals surface area contributed by atoms with Crippen molar-refractivity contribution in [2.45, 2.75) is 55.4 Å². The number of hydrogen-bond donors (Lipinski definition) is 0. The average Bonchev–Trinajstić information content (AvgIpc) is 3.01. The quantitative estimate of drug-likeness (QED) is 0.304. The van der Waals surface area contributed by atoms with E-state index < -0.39 is 0 Å². The van der Waals surface area contributed by atoms with Crippen LogP contribution in [0, 0.1) is 45.6 Å². The Morgan fingerprint density at radius 2 is 1.06 bits per heavy atom. The van der Waals surface area contributed by atoms with Crippen LogP contribution in [-0.4, -0.2) is 13.7 Å². The summed E-state index contributed by atoms with van der Waals surface area (Å²) in [5.74, 6) is 0. The third kappa shape index (κ3) is 5.83. The topological polar surface area (TPSA) is 9.86 Å². The fraction of sp³-hybridized carbons (Fsp3) is 0.308. The van der Waals surface area contributed by atoms with Crippen LogP contribution in [0.1, 0.15) is 47.2 Å². The predicted octanol–water partition coefficient (Wildman–Crippen LogP) is 7.35. The van der Waals surface area contributed by atoms with E-state index in [1.165, 1.54) is 54.3 Å². The first-order valence-electron chi connectivity index (χ1n) is 10.1. The fourth-order valence-corrected chi connectivity index (χ4v) is 6.13. The molecule has 0 spiro atoms. The summed E-state index contributed by atoms with van der Waals surface area (Å²) in [7, 11) is 0. The van der Waals surface area contributed by atoms with Crippen molar-refractivity contribution in [1.29, 1.82) is 0 Å². The first kappa shape index (κ1) is 27.5. The van der Waals surface area contributed by atoms with Crippen LogP contribution < -0.4 is 0 Å². The standard InChI is InChI=1S/C21H24N2.C5H8.2ClH.Ru/c1-14-9-16(3)20(17(4)10-14)22-7-8-23(13-22)21-18(5)11-15(2)12-19(21)6;1-4-5(2)3;;;/h7-12H,1-6H3;2,4H,1,3H3;2*1H;. The second kappa shape index (κ2) is 11.4. The van der Waals surface area contributed by atoms with Crippen LogP contribution in [0.15, 0.2) is 48.3 Å². The molecule has 0 bridgehead atoms. The van der Waals surface area contributed by atoms with Crippen molar-refractivity contribution in [3.63, 3.8) is 0 Å². The molecule has 5 heteroatoms. The van der Waals surface area contributed by atoms with Gasteiger partial charge >= 0.3 is 182 Å². The summed E-state index contributed by atoms with van der Waals surface area (Å²) < 4.78 is 8.61. The van der Waals surface area contributed by atoms with E-state index in [0.717, 1.165) is 0 Å². The molecule has 3 rings (SSSR count). The first-order valence-corrected chi connectivity index (χ1v) is 12.0. The summed E-state index contributed by atoms with van der Waals surface area (Å²) >= 11 is -0.0953. The van der Waals surface area contributed by atoms with E-state index in [1.807, 2.05) is 0 Å². The summed E-state index contributed by atoms with van der Waals surface area (Å²) in [5.41, 5.74) is 11.9. The number of allylic oxidation sites excluding steroid dienone is 2. The van der Waals surface area contributed by atoms with Gasteiger partial charge in [0.1, 0.15) is 0 Å². The Bertz CT molecular complexity index is 1100.